The number of aromatic nitrogens is 2. The number of carbonyl (C=O) groups is 1. The molecule has 1 fully saturated rings. The van der Waals surface area contributed by atoms with Crippen LogP contribution in [0.3, 0.4) is 0 Å². The Labute approximate surface area is 209 Å². The maximum atomic E-state index is 13.9. The van der Waals surface area contributed by atoms with Gasteiger partial charge in [-0.05, 0) is 78.9 Å². The van der Waals surface area contributed by atoms with Gasteiger partial charge in [-0.25, -0.2) is 9.78 Å². The molecule has 2 aromatic heterocycles. The minimum Gasteiger partial charge on any atom is -0.461 e. The molecule has 0 saturated carbocycles. The number of nitrogens with zero attached hydrogens (tertiary/aromatic N) is 3. The highest BCUT2D eigenvalue weighted by Crippen LogP contribution is 2.44. The Balaban J connectivity index is 2.28. The van der Waals surface area contributed by atoms with Crippen LogP contribution in [-0.2, 0) is 14.3 Å². The molecule has 1 saturated heterocycles. The van der Waals surface area contributed by atoms with Gasteiger partial charge in [-0.3, -0.25) is 4.98 Å². The zero-order valence-corrected chi connectivity index (χ0v) is 22.7. The monoisotopic (exact) mass is 485 g/mol. The first kappa shape index (κ1) is 27.1. The molecule has 0 bridgehead atoms. The summed E-state index contributed by atoms with van der Waals surface area (Å²) >= 11 is 0. The van der Waals surface area contributed by atoms with Crippen LogP contribution in [0.15, 0.2) is 18.3 Å². The first-order valence-electron chi connectivity index (χ1n) is 12.4. The summed E-state index contributed by atoms with van der Waals surface area (Å²) in [6.45, 7) is 19.3. The van der Waals surface area contributed by atoms with Crippen molar-refractivity contribution in [1.82, 2.24) is 9.97 Å². The number of esters is 1. The van der Waals surface area contributed by atoms with E-state index in [-0.39, 0.29) is 11.5 Å². The molecule has 192 valence electrons. The third-order valence-electron chi connectivity index (χ3n) is 6.36. The molecule has 1 atom stereocenters. The molecule has 0 aromatic carbocycles. The van der Waals surface area contributed by atoms with E-state index in [1.165, 1.54) is 6.07 Å². The predicted octanol–water partition coefficient (Wildman–Crippen LogP) is 6.33. The molecule has 3 rings (SSSR count). The fourth-order valence-electron chi connectivity index (χ4n) is 4.48. The van der Waals surface area contributed by atoms with Crippen molar-refractivity contribution in [1.29, 1.82) is 0 Å². The molecule has 0 radical (unpaired) electrons. The Morgan fingerprint density at radius 3 is 2.26 bits per heavy atom. The van der Waals surface area contributed by atoms with Crippen LogP contribution in [0.1, 0.15) is 84.4 Å². The minimum atomic E-state index is -0.955. The Kier molecular flexibility index (Phi) is 7.89. The topological polar surface area (TPSA) is 64.5 Å². The van der Waals surface area contributed by atoms with Crippen LogP contribution >= 0.6 is 0 Å². The number of hydrogen-bond donors (Lipinski definition) is 0. The van der Waals surface area contributed by atoms with Gasteiger partial charge in [0.1, 0.15) is 0 Å². The Morgan fingerprint density at radius 1 is 1.09 bits per heavy atom. The van der Waals surface area contributed by atoms with Crippen molar-refractivity contribution in [3.8, 4) is 11.1 Å². The molecule has 7 heteroatoms. The number of piperidine rings is 1. The third-order valence-corrected chi connectivity index (χ3v) is 6.36. The average Bonchev–Trinajstić information content (AvgIpc) is 2.71. The molecule has 0 N–H and O–H groups in total. The van der Waals surface area contributed by atoms with Crippen LogP contribution in [0, 0.1) is 25.2 Å². The summed E-state index contributed by atoms with van der Waals surface area (Å²) in [7, 11) is 0. The van der Waals surface area contributed by atoms with Crippen LogP contribution in [0.5, 0.6) is 0 Å². The fraction of sp³-hybridized carbons (Fsp3) is 0.607. The number of aryl methyl sites for hydroxylation is 2. The van der Waals surface area contributed by atoms with Crippen molar-refractivity contribution >= 4 is 11.7 Å². The molecule has 0 spiro atoms. The number of anilines is 1. The van der Waals surface area contributed by atoms with Gasteiger partial charge in [-0.15, -0.1) is 0 Å². The van der Waals surface area contributed by atoms with E-state index in [9.17, 15) is 9.18 Å². The average molecular weight is 486 g/mol. The van der Waals surface area contributed by atoms with E-state index in [2.05, 4.69) is 28.7 Å². The molecule has 1 aliphatic heterocycles. The standard InChI is InChI=1S/C28H40FN3O3/c1-17(2)34-26(33)25(35-27(5,6)7)23-19(4)30-16-21(20-10-11-22(29)31-18(20)3)24(23)32-14-12-28(8,9)13-15-32/h10-11,16-17,25H,12-15H2,1-9H3. The van der Waals surface area contributed by atoms with Crippen LogP contribution in [0.4, 0.5) is 10.1 Å². The van der Waals surface area contributed by atoms with Crippen molar-refractivity contribution < 1.29 is 18.7 Å². The second-order valence-corrected chi connectivity index (χ2v) is 11.5. The summed E-state index contributed by atoms with van der Waals surface area (Å²) in [5, 5.41) is 0. The van der Waals surface area contributed by atoms with Crippen molar-refractivity contribution in [3.05, 3.63) is 41.2 Å². The van der Waals surface area contributed by atoms with Gasteiger partial charge in [0.25, 0.3) is 0 Å². The van der Waals surface area contributed by atoms with Gasteiger partial charge < -0.3 is 14.4 Å². The zero-order valence-electron chi connectivity index (χ0n) is 22.7. The highest BCUT2D eigenvalue weighted by molar-refractivity contribution is 5.87. The van der Waals surface area contributed by atoms with Gasteiger partial charge in [0.05, 0.1) is 17.4 Å². The molecule has 1 aliphatic rings. The second kappa shape index (κ2) is 10.2. The number of ether oxygens (including phenoxy) is 2. The molecule has 0 aliphatic carbocycles. The van der Waals surface area contributed by atoms with Crippen molar-refractivity contribution in [2.75, 3.05) is 18.0 Å². The molecule has 0 amide bonds. The minimum absolute atomic E-state index is 0.240. The van der Waals surface area contributed by atoms with E-state index >= 15 is 0 Å². The first-order chi connectivity index (χ1) is 16.2. The molecule has 6 nitrogen and oxygen atoms in total. The van der Waals surface area contributed by atoms with Crippen LogP contribution < -0.4 is 4.90 Å². The van der Waals surface area contributed by atoms with Gasteiger partial charge in [0.15, 0.2) is 6.10 Å². The number of hydrogen-bond acceptors (Lipinski definition) is 6. The third kappa shape index (κ3) is 6.57. The lowest BCUT2D eigenvalue weighted by Crippen LogP contribution is -2.39. The quantitative estimate of drug-likeness (QED) is 0.352. The van der Waals surface area contributed by atoms with Crippen LogP contribution in [-0.4, -0.2) is 40.7 Å². The van der Waals surface area contributed by atoms with Crippen LogP contribution in [0.25, 0.3) is 11.1 Å². The van der Waals surface area contributed by atoms with E-state index in [0.29, 0.717) is 17.0 Å². The number of rotatable bonds is 6. The van der Waals surface area contributed by atoms with Crippen molar-refractivity contribution in [2.24, 2.45) is 5.41 Å². The number of pyridine rings is 2. The molecule has 35 heavy (non-hydrogen) atoms. The summed E-state index contributed by atoms with van der Waals surface area (Å²) in [5.41, 5.74) is 4.10. The first-order valence-corrected chi connectivity index (χ1v) is 12.4. The highest BCUT2D eigenvalue weighted by atomic mass is 19.1. The lowest BCUT2D eigenvalue weighted by molar-refractivity contribution is -0.171. The molecular formula is C28H40FN3O3. The van der Waals surface area contributed by atoms with Crippen molar-refractivity contribution in [2.45, 2.75) is 93.0 Å². The normalized spacial score (nSPS) is 16.9. The van der Waals surface area contributed by atoms with E-state index in [0.717, 1.165) is 42.7 Å². The molecular weight excluding hydrogens is 445 g/mol. The van der Waals surface area contributed by atoms with Gasteiger partial charge in [0, 0.05) is 47.4 Å². The van der Waals surface area contributed by atoms with Gasteiger partial charge in [-0.1, -0.05) is 13.8 Å². The van der Waals surface area contributed by atoms with E-state index in [1.807, 2.05) is 41.5 Å². The van der Waals surface area contributed by atoms with Crippen molar-refractivity contribution in [3.63, 3.8) is 0 Å². The summed E-state index contributed by atoms with van der Waals surface area (Å²) in [5.74, 6) is -0.966. The Morgan fingerprint density at radius 2 is 1.71 bits per heavy atom. The smallest absolute Gasteiger partial charge is 0.340 e. The molecule has 3 heterocycles. The molecule has 1 unspecified atom stereocenters. The summed E-state index contributed by atoms with van der Waals surface area (Å²) in [4.78, 5) is 24.5. The SMILES string of the molecule is Cc1nc(F)ccc1-c1cnc(C)c(C(OC(C)(C)C)C(=O)OC(C)C)c1N1CCC(C)(C)CC1. The Bertz CT molecular complexity index is 1070. The van der Waals surface area contributed by atoms with E-state index in [1.54, 1.807) is 19.2 Å². The van der Waals surface area contributed by atoms with Gasteiger partial charge in [0.2, 0.25) is 5.95 Å². The largest absolute Gasteiger partial charge is 0.461 e. The Hall–Kier alpha value is -2.54. The molecule has 2 aromatic rings. The van der Waals surface area contributed by atoms with Crippen LogP contribution in [0.2, 0.25) is 0 Å². The van der Waals surface area contributed by atoms with Gasteiger partial charge in [-0.2, -0.15) is 4.39 Å². The zero-order chi connectivity index (χ0) is 26.1. The van der Waals surface area contributed by atoms with Gasteiger partial charge >= 0.3 is 5.97 Å². The fourth-order valence-corrected chi connectivity index (χ4v) is 4.48. The lowest BCUT2D eigenvalue weighted by atomic mass is 9.82. The number of carbonyl (C=O) groups excluding carboxylic acids is 1. The maximum Gasteiger partial charge on any atom is 0.340 e. The van der Waals surface area contributed by atoms with E-state index in [4.69, 9.17) is 9.47 Å². The highest BCUT2D eigenvalue weighted by Gasteiger charge is 2.37. The lowest BCUT2D eigenvalue weighted by Gasteiger charge is -2.41. The van der Waals surface area contributed by atoms with E-state index < -0.39 is 23.6 Å². The summed E-state index contributed by atoms with van der Waals surface area (Å²) in [6.07, 6.45) is 2.58. The second-order valence-electron chi connectivity index (χ2n) is 11.5. The summed E-state index contributed by atoms with van der Waals surface area (Å²) in [6, 6.07) is 3.10. The maximum absolute atomic E-state index is 13.9. The predicted molar refractivity (Wildman–Crippen MR) is 137 cm³/mol. The number of halogens is 1. The summed E-state index contributed by atoms with van der Waals surface area (Å²) < 4.78 is 25.9.